The number of rotatable bonds is 5. The maximum Gasteiger partial charge on any atom is 0.230 e. The second-order valence-corrected chi connectivity index (χ2v) is 5.73. The van der Waals surface area contributed by atoms with Crippen LogP contribution in [0.3, 0.4) is 0 Å². The fourth-order valence-electron chi connectivity index (χ4n) is 2.03. The number of para-hydroxylation sites is 1. The summed E-state index contributed by atoms with van der Waals surface area (Å²) >= 11 is 1.43. The Balaban J connectivity index is 1.59. The van der Waals surface area contributed by atoms with Crippen molar-refractivity contribution in [3.05, 3.63) is 71.5 Å². The van der Waals surface area contributed by atoms with E-state index in [4.69, 9.17) is 0 Å². The van der Waals surface area contributed by atoms with Gasteiger partial charge in [0.25, 0.3) is 0 Å². The summed E-state index contributed by atoms with van der Waals surface area (Å²) in [5.41, 5.74) is 2.05. The smallest absolute Gasteiger partial charge is 0.230 e. The molecule has 0 atom stereocenters. The third-order valence-electron chi connectivity index (χ3n) is 3.03. The molecule has 1 amide bonds. The normalized spacial score (nSPS) is 10.3. The van der Waals surface area contributed by atoms with Gasteiger partial charge in [-0.05, 0) is 30.3 Å². The van der Waals surface area contributed by atoms with E-state index >= 15 is 0 Å². The van der Waals surface area contributed by atoms with Crippen molar-refractivity contribution in [3.8, 4) is 0 Å². The van der Waals surface area contributed by atoms with Gasteiger partial charge in [0.05, 0.1) is 12.1 Å². The van der Waals surface area contributed by atoms with Crippen molar-refractivity contribution in [1.29, 1.82) is 0 Å². The summed E-state index contributed by atoms with van der Waals surface area (Å²) in [4.78, 5) is 16.3. The van der Waals surface area contributed by atoms with Crippen molar-refractivity contribution in [2.75, 3.05) is 10.6 Å². The molecule has 1 heterocycles. The second-order valence-electron chi connectivity index (χ2n) is 4.87. The molecule has 2 N–H and O–H groups in total. The Bertz CT molecular complexity index is 804. The lowest BCUT2D eigenvalue weighted by Gasteiger charge is -2.04. The molecule has 0 saturated heterocycles. The number of amides is 1. The fourth-order valence-corrected chi connectivity index (χ4v) is 2.76. The predicted octanol–water partition coefficient (Wildman–Crippen LogP) is 4.21. The number of thiazole rings is 1. The first kappa shape index (κ1) is 15.2. The molecule has 0 unspecified atom stereocenters. The van der Waals surface area contributed by atoms with E-state index in [0.717, 1.165) is 10.8 Å². The van der Waals surface area contributed by atoms with Crippen LogP contribution in [0.4, 0.5) is 20.9 Å². The number of anilines is 3. The Hall–Kier alpha value is -2.73. The molecule has 0 bridgehead atoms. The summed E-state index contributed by atoms with van der Waals surface area (Å²) in [6, 6.07) is 15.5. The summed E-state index contributed by atoms with van der Waals surface area (Å²) in [5, 5.41) is 8.39. The first-order valence-corrected chi connectivity index (χ1v) is 7.89. The van der Waals surface area contributed by atoms with Crippen LogP contribution < -0.4 is 10.6 Å². The van der Waals surface area contributed by atoms with Gasteiger partial charge in [0.1, 0.15) is 5.82 Å². The van der Waals surface area contributed by atoms with Crippen molar-refractivity contribution in [1.82, 2.24) is 4.98 Å². The highest BCUT2D eigenvalue weighted by Crippen LogP contribution is 2.21. The van der Waals surface area contributed by atoms with Crippen LogP contribution in [0, 0.1) is 5.82 Å². The van der Waals surface area contributed by atoms with E-state index in [2.05, 4.69) is 15.6 Å². The van der Waals surface area contributed by atoms with Crippen molar-refractivity contribution in [3.63, 3.8) is 0 Å². The quantitative estimate of drug-likeness (QED) is 0.738. The molecule has 0 aliphatic carbocycles. The van der Waals surface area contributed by atoms with Crippen LogP contribution in [0.2, 0.25) is 0 Å². The van der Waals surface area contributed by atoms with Gasteiger partial charge in [-0.15, -0.1) is 11.3 Å². The Morgan fingerprint density at radius 3 is 2.65 bits per heavy atom. The predicted molar refractivity (Wildman–Crippen MR) is 90.6 cm³/mol. The van der Waals surface area contributed by atoms with Gasteiger partial charge in [-0.25, -0.2) is 9.37 Å². The third-order valence-corrected chi connectivity index (χ3v) is 3.83. The molecule has 2 aromatic carbocycles. The standard InChI is InChI=1S/C17H14FN3OS/c18-12-5-4-8-14(9-12)19-16(22)10-15-11-23-17(21-15)20-13-6-2-1-3-7-13/h1-9,11H,10H2,(H,19,22)(H,20,21). The zero-order valence-electron chi connectivity index (χ0n) is 12.1. The van der Waals surface area contributed by atoms with E-state index < -0.39 is 0 Å². The number of nitrogens with one attached hydrogen (secondary N) is 2. The second kappa shape index (κ2) is 7.02. The van der Waals surface area contributed by atoms with Gasteiger partial charge >= 0.3 is 0 Å². The number of hydrogen-bond donors (Lipinski definition) is 2. The molecule has 3 rings (SSSR count). The molecule has 1 aromatic heterocycles. The van der Waals surface area contributed by atoms with E-state index in [1.165, 1.54) is 23.5 Å². The minimum absolute atomic E-state index is 0.142. The van der Waals surface area contributed by atoms with E-state index in [9.17, 15) is 9.18 Å². The molecule has 0 saturated carbocycles. The lowest BCUT2D eigenvalue weighted by atomic mass is 10.3. The van der Waals surface area contributed by atoms with Gasteiger partial charge in [0.15, 0.2) is 5.13 Å². The Labute approximate surface area is 137 Å². The largest absolute Gasteiger partial charge is 0.332 e. The topological polar surface area (TPSA) is 54.0 Å². The molecule has 6 heteroatoms. The molecule has 0 fully saturated rings. The van der Waals surface area contributed by atoms with Crippen LogP contribution in [0.25, 0.3) is 0 Å². The molecule has 0 spiro atoms. The van der Waals surface area contributed by atoms with Crippen LogP contribution >= 0.6 is 11.3 Å². The number of halogens is 1. The minimum atomic E-state index is -0.384. The molecule has 3 aromatic rings. The summed E-state index contributed by atoms with van der Waals surface area (Å²) in [7, 11) is 0. The molecule has 23 heavy (non-hydrogen) atoms. The minimum Gasteiger partial charge on any atom is -0.332 e. The average molecular weight is 327 g/mol. The zero-order chi connectivity index (χ0) is 16.1. The SMILES string of the molecule is O=C(Cc1csc(Nc2ccccc2)n1)Nc1cccc(F)c1. The molecule has 0 aliphatic heterocycles. The highest BCUT2D eigenvalue weighted by Gasteiger charge is 2.08. The molecular formula is C17H14FN3OS. The average Bonchev–Trinajstić information content (AvgIpc) is 2.95. The number of hydrogen-bond acceptors (Lipinski definition) is 4. The van der Waals surface area contributed by atoms with Crippen LogP contribution in [-0.4, -0.2) is 10.9 Å². The van der Waals surface area contributed by atoms with Gasteiger partial charge in [0, 0.05) is 16.8 Å². The summed E-state index contributed by atoms with van der Waals surface area (Å²) < 4.78 is 13.1. The third kappa shape index (κ3) is 4.37. The lowest BCUT2D eigenvalue weighted by Crippen LogP contribution is -2.14. The molecule has 4 nitrogen and oxygen atoms in total. The summed E-state index contributed by atoms with van der Waals surface area (Å²) in [6.45, 7) is 0. The van der Waals surface area contributed by atoms with Crippen LogP contribution in [0.1, 0.15) is 5.69 Å². The van der Waals surface area contributed by atoms with Gasteiger partial charge in [-0.2, -0.15) is 0 Å². The number of carbonyl (C=O) groups excluding carboxylic acids is 1. The van der Waals surface area contributed by atoms with Crippen LogP contribution in [-0.2, 0) is 11.2 Å². The summed E-state index contributed by atoms with van der Waals surface area (Å²) in [6.07, 6.45) is 0.142. The first-order valence-electron chi connectivity index (χ1n) is 7.01. The number of benzene rings is 2. The van der Waals surface area contributed by atoms with Gasteiger partial charge in [-0.3, -0.25) is 4.79 Å². The lowest BCUT2D eigenvalue weighted by molar-refractivity contribution is -0.115. The Morgan fingerprint density at radius 2 is 1.87 bits per heavy atom. The van der Waals surface area contributed by atoms with E-state index in [0.29, 0.717) is 11.4 Å². The first-order chi connectivity index (χ1) is 11.2. The zero-order valence-corrected chi connectivity index (χ0v) is 12.9. The fraction of sp³-hybridized carbons (Fsp3) is 0.0588. The van der Waals surface area contributed by atoms with Crippen LogP contribution in [0.5, 0.6) is 0 Å². The number of carbonyl (C=O) groups is 1. The van der Waals surface area contributed by atoms with Crippen molar-refractivity contribution < 1.29 is 9.18 Å². The van der Waals surface area contributed by atoms with Gasteiger partial charge in [0.2, 0.25) is 5.91 Å². The highest BCUT2D eigenvalue weighted by atomic mass is 32.1. The molecule has 116 valence electrons. The van der Waals surface area contributed by atoms with Crippen molar-refractivity contribution in [2.45, 2.75) is 6.42 Å². The number of nitrogens with zero attached hydrogens (tertiary/aromatic N) is 1. The van der Waals surface area contributed by atoms with E-state index in [1.807, 2.05) is 35.7 Å². The van der Waals surface area contributed by atoms with Gasteiger partial charge < -0.3 is 10.6 Å². The van der Waals surface area contributed by atoms with Crippen molar-refractivity contribution in [2.24, 2.45) is 0 Å². The molecule has 0 radical (unpaired) electrons. The van der Waals surface area contributed by atoms with E-state index in [-0.39, 0.29) is 18.1 Å². The maximum absolute atomic E-state index is 13.1. The van der Waals surface area contributed by atoms with Gasteiger partial charge in [-0.1, -0.05) is 24.3 Å². The number of aromatic nitrogens is 1. The monoisotopic (exact) mass is 327 g/mol. The summed E-state index contributed by atoms with van der Waals surface area (Å²) in [5.74, 6) is -0.613. The van der Waals surface area contributed by atoms with Crippen molar-refractivity contribution >= 4 is 33.8 Å². The highest BCUT2D eigenvalue weighted by molar-refractivity contribution is 7.13. The molecular weight excluding hydrogens is 313 g/mol. The Kier molecular flexibility index (Phi) is 4.63. The molecule has 0 aliphatic rings. The Morgan fingerprint density at radius 1 is 1.09 bits per heavy atom. The van der Waals surface area contributed by atoms with Crippen LogP contribution in [0.15, 0.2) is 60.0 Å². The maximum atomic E-state index is 13.1. The van der Waals surface area contributed by atoms with E-state index in [1.54, 1.807) is 12.1 Å².